The summed E-state index contributed by atoms with van der Waals surface area (Å²) in [6.45, 7) is 0. The highest BCUT2D eigenvalue weighted by molar-refractivity contribution is 8.01. The molecule has 0 aliphatic heterocycles. The van der Waals surface area contributed by atoms with Crippen molar-refractivity contribution in [2.45, 2.75) is 0 Å². The van der Waals surface area contributed by atoms with Gasteiger partial charge in [0.1, 0.15) is 28.5 Å². The van der Waals surface area contributed by atoms with E-state index in [1.165, 1.54) is 64.3 Å². The second kappa shape index (κ2) is 9.70. The summed E-state index contributed by atoms with van der Waals surface area (Å²) in [5.41, 5.74) is 0. The molecule has 41 heavy (non-hydrogen) atoms. The van der Waals surface area contributed by atoms with Crippen molar-refractivity contribution in [3.8, 4) is 0 Å². The Balaban J connectivity index is 1.55. The average molecular weight is 540 g/mol. The van der Waals surface area contributed by atoms with Crippen LogP contribution in [-0.4, -0.2) is 0 Å². The van der Waals surface area contributed by atoms with Crippen LogP contribution in [0, 0.1) is 0 Å². The van der Waals surface area contributed by atoms with Gasteiger partial charge >= 0.3 is 0 Å². The van der Waals surface area contributed by atoms with Crippen LogP contribution in [0.25, 0.3) is 43.1 Å². The summed E-state index contributed by atoms with van der Waals surface area (Å²) >= 11 is 0. The van der Waals surface area contributed by atoms with Crippen molar-refractivity contribution >= 4 is 71.6 Å². The van der Waals surface area contributed by atoms with Crippen LogP contribution >= 0.6 is 7.26 Å². The van der Waals surface area contributed by atoms with Crippen molar-refractivity contribution in [3.05, 3.63) is 170 Å². The Morgan fingerprint density at radius 3 is 0.683 bits per heavy atom. The van der Waals surface area contributed by atoms with E-state index in [9.17, 15) is 0 Å². The first-order valence-electron chi connectivity index (χ1n) is 14.2. The molecule has 8 aromatic rings. The molecule has 0 saturated heterocycles. The predicted octanol–water partition coefficient (Wildman–Crippen LogP) is 8.92. The topological polar surface area (TPSA) is 0 Å². The van der Waals surface area contributed by atoms with Crippen LogP contribution in [0.4, 0.5) is 0 Å². The van der Waals surface area contributed by atoms with Gasteiger partial charge in [-0.15, -0.1) is 0 Å². The van der Waals surface area contributed by atoms with Gasteiger partial charge in [-0.05, 0) is 91.6 Å². The van der Waals surface area contributed by atoms with Gasteiger partial charge in [-0.1, -0.05) is 121 Å². The van der Waals surface area contributed by atoms with E-state index in [1.807, 2.05) is 0 Å². The first kappa shape index (κ1) is 24.1. The first-order chi connectivity index (χ1) is 20.3. The molecule has 0 aromatic heterocycles. The van der Waals surface area contributed by atoms with Gasteiger partial charge in [0.2, 0.25) is 0 Å². The molecular weight excluding hydrogens is 511 g/mol. The minimum Gasteiger partial charge on any atom is -0.0616 e. The lowest BCUT2D eigenvalue weighted by Crippen LogP contribution is -2.38. The fourth-order valence-electron chi connectivity index (χ4n) is 6.44. The van der Waals surface area contributed by atoms with Gasteiger partial charge in [0.25, 0.3) is 0 Å². The van der Waals surface area contributed by atoms with Crippen LogP contribution in [0.5, 0.6) is 0 Å². The van der Waals surface area contributed by atoms with Crippen molar-refractivity contribution in [2.24, 2.45) is 0 Å². The molecule has 0 spiro atoms. The maximum absolute atomic E-state index is 2.45. The standard InChI is InChI=1S/C40H28P/c1-5-13-33-25-37(21-17-29(33)9-1)41(38-22-18-30-10-2-6-14-34(30)26-38,39-23-19-31-11-3-7-15-35(31)27-39)40-24-20-32-12-4-8-16-36(32)28-40/h1-28H/q+1. The van der Waals surface area contributed by atoms with Crippen LogP contribution in [0.2, 0.25) is 0 Å². The number of hydrogen-bond donors (Lipinski definition) is 0. The molecule has 0 radical (unpaired) electrons. The van der Waals surface area contributed by atoms with E-state index in [2.05, 4.69) is 170 Å². The highest BCUT2D eigenvalue weighted by atomic mass is 31.2. The van der Waals surface area contributed by atoms with Crippen molar-refractivity contribution in [1.82, 2.24) is 0 Å². The second-order valence-electron chi connectivity index (χ2n) is 10.8. The minimum absolute atomic E-state index is 1.27. The summed E-state index contributed by atoms with van der Waals surface area (Å²) in [4.78, 5) is 0. The van der Waals surface area contributed by atoms with E-state index in [0.29, 0.717) is 0 Å². The third-order valence-electron chi connectivity index (χ3n) is 8.48. The van der Waals surface area contributed by atoms with Crippen LogP contribution in [0.1, 0.15) is 0 Å². The lowest BCUT2D eigenvalue weighted by atomic mass is 10.1. The SMILES string of the molecule is c1ccc2cc([P+](c3ccc4ccccc4c3)(c3ccc4ccccc4c3)c3ccc4ccccc4c3)ccc2c1. The molecule has 192 valence electrons. The normalized spacial score (nSPS) is 11.9. The monoisotopic (exact) mass is 539 g/mol. The Morgan fingerprint density at radius 1 is 0.220 bits per heavy atom. The summed E-state index contributed by atoms with van der Waals surface area (Å²) in [5.74, 6) is 0. The molecule has 0 bridgehead atoms. The van der Waals surface area contributed by atoms with Crippen molar-refractivity contribution in [3.63, 3.8) is 0 Å². The molecule has 0 N–H and O–H groups in total. The molecule has 0 unspecified atom stereocenters. The van der Waals surface area contributed by atoms with Crippen LogP contribution < -0.4 is 21.2 Å². The molecule has 8 aromatic carbocycles. The van der Waals surface area contributed by atoms with E-state index in [-0.39, 0.29) is 0 Å². The molecule has 0 aliphatic rings. The maximum Gasteiger partial charge on any atom is 0.144 e. The van der Waals surface area contributed by atoms with Crippen LogP contribution in [-0.2, 0) is 0 Å². The fourth-order valence-corrected chi connectivity index (χ4v) is 10.7. The molecule has 0 saturated carbocycles. The fraction of sp³-hybridized carbons (Fsp3) is 0. The maximum atomic E-state index is 2.45. The Morgan fingerprint density at radius 2 is 0.439 bits per heavy atom. The summed E-state index contributed by atoms with van der Waals surface area (Å²) < 4.78 is 0. The Labute approximate surface area is 240 Å². The van der Waals surface area contributed by atoms with Crippen LogP contribution in [0.15, 0.2) is 170 Å². The molecule has 0 atom stereocenters. The number of hydrogen-bond acceptors (Lipinski definition) is 0. The van der Waals surface area contributed by atoms with E-state index in [0.717, 1.165) is 0 Å². The molecular formula is C40H28P+. The average Bonchev–Trinajstić information content (AvgIpc) is 3.05. The summed E-state index contributed by atoms with van der Waals surface area (Å²) in [7, 11) is -2.32. The number of benzene rings is 8. The van der Waals surface area contributed by atoms with Crippen molar-refractivity contribution in [2.75, 3.05) is 0 Å². The Bertz CT molecular complexity index is 1900. The first-order valence-corrected chi connectivity index (χ1v) is 15.9. The summed E-state index contributed by atoms with van der Waals surface area (Å²) in [6, 6.07) is 63.5. The second-order valence-corrected chi connectivity index (χ2v) is 14.2. The van der Waals surface area contributed by atoms with Gasteiger partial charge in [0.15, 0.2) is 0 Å². The van der Waals surface area contributed by atoms with Gasteiger partial charge in [-0.25, -0.2) is 0 Å². The van der Waals surface area contributed by atoms with E-state index < -0.39 is 7.26 Å². The third-order valence-corrected chi connectivity index (χ3v) is 12.7. The van der Waals surface area contributed by atoms with Gasteiger partial charge in [-0.3, -0.25) is 0 Å². The molecule has 0 fully saturated rings. The molecule has 0 heterocycles. The number of rotatable bonds is 4. The zero-order chi connectivity index (χ0) is 27.2. The molecule has 0 amide bonds. The quantitative estimate of drug-likeness (QED) is 0.196. The van der Waals surface area contributed by atoms with Gasteiger partial charge in [0.05, 0.1) is 0 Å². The van der Waals surface area contributed by atoms with E-state index in [1.54, 1.807) is 0 Å². The van der Waals surface area contributed by atoms with E-state index in [4.69, 9.17) is 0 Å². The zero-order valence-corrected chi connectivity index (χ0v) is 23.5. The number of fused-ring (bicyclic) bond motifs is 4. The van der Waals surface area contributed by atoms with Gasteiger partial charge in [-0.2, -0.15) is 0 Å². The highest BCUT2D eigenvalue weighted by Crippen LogP contribution is 2.55. The van der Waals surface area contributed by atoms with E-state index >= 15 is 0 Å². The van der Waals surface area contributed by atoms with Crippen LogP contribution in [0.3, 0.4) is 0 Å². The van der Waals surface area contributed by atoms with Crippen molar-refractivity contribution in [1.29, 1.82) is 0 Å². The van der Waals surface area contributed by atoms with Gasteiger partial charge < -0.3 is 0 Å². The Hall–Kier alpha value is -4.77. The lowest BCUT2D eigenvalue weighted by Gasteiger charge is -2.28. The lowest BCUT2D eigenvalue weighted by molar-refractivity contribution is 1.74. The Kier molecular flexibility index (Phi) is 5.69. The molecule has 1 heteroatoms. The minimum atomic E-state index is -2.32. The molecule has 0 aliphatic carbocycles. The smallest absolute Gasteiger partial charge is 0.0616 e. The molecule has 8 rings (SSSR count). The summed E-state index contributed by atoms with van der Waals surface area (Å²) in [6.07, 6.45) is 0. The molecule has 0 nitrogen and oxygen atoms in total. The van der Waals surface area contributed by atoms with Gasteiger partial charge in [0, 0.05) is 0 Å². The summed E-state index contributed by atoms with van der Waals surface area (Å²) in [5, 5.41) is 15.7. The largest absolute Gasteiger partial charge is 0.144 e. The highest BCUT2D eigenvalue weighted by Gasteiger charge is 2.48. The third kappa shape index (κ3) is 3.95. The van der Waals surface area contributed by atoms with Crippen molar-refractivity contribution < 1.29 is 0 Å². The predicted molar refractivity (Wildman–Crippen MR) is 181 cm³/mol. The zero-order valence-electron chi connectivity index (χ0n) is 22.6.